The van der Waals surface area contributed by atoms with E-state index < -0.39 is 6.10 Å². The maximum absolute atomic E-state index is 12.0. The predicted molar refractivity (Wildman–Crippen MR) is 86.7 cm³/mol. The van der Waals surface area contributed by atoms with Crippen LogP contribution >= 0.6 is 0 Å². The van der Waals surface area contributed by atoms with Crippen molar-refractivity contribution in [3.05, 3.63) is 24.0 Å². The SMILES string of the molecule is COc1cncc(CCC(=O)NCC(C)(C)C(O)C(C)C)c1. The number of aromatic nitrogens is 1. The van der Waals surface area contributed by atoms with Gasteiger partial charge in [0, 0.05) is 24.6 Å². The van der Waals surface area contributed by atoms with Crippen LogP contribution in [0.1, 0.15) is 39.7 Å². The van der Waals surface area contributed by atoms with Gasteiger partial charge in [0.05, 0.1) is 19.4 Å². The van der Waals surface area contributed by atoms with E-state index >= 15 is 0 Å². The molecule has 0 radical (unpaired) electrons. The molecule has 1 aromatic rings. The zero-order valence-corrected chi connectivity index (χ0v) is 14.2. The second-order valence-electron chi connectivity index (χ2n) is 6.69. The minimum Gasteiger partial charge on any atom is -0.495 e. The first-order chi connectivity index (χ1) is 10.3. The van der Waals surface area contributed by atoms with Gasteiger partial charge in [-0.3, -0.25) is 9.78 Å². The molecular weight excluding hydrogens is 280 g/mol. The lowest BCUT2D eigenvalue weighted by atomic mass is 9.80. The van der Waals surface area contributed by atoms with Crippen LogP contribution in [0.3, 0.4) is 0 Å². The van der Waals surface area contributed by atoms with E-state index in [1.165, 1.54) is 0 Å². The van der Waals surface area contributed by atoms with Gasteiger partial charge >= 0.3 is 0 Å². The summed E-state index contributed by atoms with van der Waals surface area (Å²) < 4.78 is 5.11. The quantitative estimate of drug-likeness (QED) is 0.772. The highest BCUT2D eigenvalue weighted by Crippen LogP contribution is 2.25. The highest BCUT2D eigenvalue weighted by Gasteiger charge is 2.30. The fourth-order valence-electron chi connectivity index (χ4n) is 2.39. The summed E-state index contributed by atoms with van der Waals surface area (Å²) >= 11 is 0. The molecule has 0 saturated heterocycles. The number of ether oxygens (including phenoxy) is 1. The van der Waals surface area contributed by atoms with Crippen LogP contribution in [0.4, 0.5) is 0 Å². The Morgan fingerprint density at radius 2 is 2.09 bits per heavy atom. The van der Waals surface area contributed by atoms with E-state index in [1.54, 1.807) is 19.5 Å². The molecule has 1 heterocycles. The number of nitrogens with zero attached hydrogens (tertiary/aromatic N) is 1. The third kappa shape index (κ3) is 5.64. The molecule has 1 atom stereocenters. The van der Waals surface area contributed by atoms with Gasteiger partial charge in [-0.15, -0.1) is 0 Å². The summed E-state index contributed by atoms with van der Waals surface area (Å²) in [5, 5.41) is 13.1. The average Bonchev–Trinajstić information content (AvgIpc) is 2.50. The summed E-state index contributed by atoms with van der Waals surface area (Å²) in [6.07, 6.45) is 3.93. The van der Waals surface area contributed by atoms with Crippen molar-refractivity contribution in [1.82, 2.24) is 10.3 Å². The Kier molecular flexibility index (Phi) is 6.81. The second kappa shape index (κ2) is 8.13. The number of carbonyl (C=O) groups excluding carboxylic acids is 1. The van der Waals surface area contributed by atoms with E-state index in [2.05, 4.69) is 10.3 Å². The molecule has 5 heteroatoms. The molecule has 0 aliphatic heterocycles. The molecule has 0 fully saturated rings. The maximum Gasteiger partial charge on any atom is 0.220 e. The number of aryl methyl sites for hydroxylation is 1. The Morgan fingerprint density at radius 1 is 1.41 bits per heavy atom. The van der Waals surface area contributed by atoms with Gasteiger partial charge < -0.3 is 15.2 Å². The number of aliphatic hydroxyl groups excluding tert-OH is 1. The van der Waals surface area contributed by atoms with E-state index in [4.69, 9.17) is 4.74 Å². The Balaban J connectivity index is 2.43. The van der Waals surface area contributed by atoms with Crippen LogP contribution < -0.4 is 10.1 Å². The van der Waals surface area contributed by atoms with E-state index in [0.29, 0.717) is 25.1 Å². The number of carbonyl (C=O) groups is 1. The van der Waals surface area contributed by atoms with Crippen LogP contribution in [0.5, 0.6) is 5.75 Å². The van der Waals surface area contributed by atoms with Gasteiger partial charge in [0.1, 0.15) is 5.75 Å². The number of aliphatic hydroxyl groups is 1. The van der Waals surface area contributed by atoms with Crippen LogP contribution in [0, 0.1) is 11.3 Å². The van der Waals surface area contributed by atoms with Crippen molar-refractivity contribution in [2.45, 2.75) is 46.6 Å². The van der Waals surface area contributed by atoms with E-state index in [1.807, 2.05) is 33.8 Å². The van der Waals surface area contributed by atoms with Gasteiger partial charge in [-0.2, -0.15) is 0 Å². The number of hydrogen-bond donors (Lipinski definition) is 2. The van der Waals surface area contributed by atoms with E-state index in [-0.39, 0.29) is 17.2 Å². The monoisotopic (exact) mass is 308 g/mol. The van der Waals surface area contributed by atoms with Gasteiger partial charge in [0.2, 0.25) is 5.91 Å². The van der Waals surface area contributed by atoms with Crippen molar-refractivity contribution in [3.63, 3.8) is 0 Å². The van der Waals surface area contributed by atoms with Gasteiger partial charge in [0.25, 0.3) is 0 Å². The van der Waals surface area contributed by atoms with Crippen molar-refractivity contribution in [2.24, 2.45) is 11.3 Å². The normalized spacial score (nSPS) is 13.0. The smallest absolute Gasteiger partial charge is 0.220 e. The van der Waals surface area contributed by atoms with Crippen LogP contribution in [-0.4, -0.2) is 35.8 Å². The lowest BCUT2D eigenvalue weighted by Gasteiger charge is -2.33. The largest absolute Gasteiger partial charge is 0.495 e. The first-order valence-corrected chi connectivity index (χ1v) is 7.69. The molecule has 5 nitrogen and oxygen atoms in total. The highest BCUT2D eigenvalue weighted by molar-refractivity contribution is 5.76. The topological polar surface area (TPSA) is 71.5 Å². The molecule has 0 aromatic carbocycles. The molecule has 0 aliphatic carbocycles. The van der Waals surface area contributed by atoms with Gasteiger partial charge in [-0.1, -0.05) is 27.7 Å². The minimum absolute atomic E-state index is 0.0214. The Morgan fingerprint density at radius 3 is 2.68 bits per heavy atom. The van der Waals surface area contributed by atoms with Gasteiger partial charge in [0.15, 0.2) is 0 Å². The van der Waals surface area contributed by atoms with Gasteiger partial charge in [-0.05, 0) is 24.0 Å². The highest BCUT2D eigenvalue weighted by atomic mass is 16.5. The van der Waals surface area contributed by atoms with Crippen LogP contribution in [0.25, 0.3) is 0 Å². The zero-order chi connectivity index (χ0) is 16.8. The molecule has 1 amide bonds. The van der Waals surface area contributed by atoms with Crippen molar-refractivity contribution in [1.29, 1.82) is 0 Å². The van der Waals surface area contributed by atoms with E-state index in [0.717, 1.165) is 5.56 Å². The number of amides is 1. The Labute approximate surface area is 133 Å². The third-order valence-electron chi connectivity index (χ3n) is 3.82. The van der Waals surface area contributed by atoms with Crippen LogP contribution in [0.2, 0.25) is 0 Å². The molecule has 124 valence electrons. The standard InChI is InChI=1S/C17H28N2O3/c1-12(2)16(21)17(3,4)11-19-15(20)7-6-13-8-14(22-5)10-18-9-13/h8-10,12,16,21H,6-7,11H2,1-5H3,(H,19,20). The van der Waals surface area contributed by atoms with Crippen molar-refractivity contribution >= 4 is 5.91 Å². The van der Waals surface area contributed by atoms with Gasteiger partial charge in [-0.25, -0.2) is 0 Å². The second-order valence-corrected chi connectivity index (χ2v) is 6.69. The molecular formula is C17H28N2O3. The lowest BCUT2D eigenvalue weighted by molar-refractivity contribution is -0.122. The Hall–Kier alpha value is -1.62. The first kappa shape index (κ1) is 18.4. The first-order valence-electron chi connectivity index (χ1n) is 7.69. The minimum atomic E-state index is -0.449. The Bertz CT molecular complexity index is 487. The number of pyridine rings is 1. The third-order valence-corrected chi connectivity index (χ3v) is 3.82. The summed E-state index contributed by atoms with van der Waals surface area (Å²) in [5.74, 6) is 0.834. The fraction of sp³-hybridized carbons (Fsp3) is 0.647. The average molecular weight is 308 g/mol. The summed E-state index contributed by atoms with van der Waals surface area (Å²) in [6, 6.07) is 1.88. The summed E-state index contributed by atoms with van der Waals surface area (Å²) in [6.45, 7) is 8.34. The fourth-order valence-corrected chi connectivity index (χ4v) is 2.39. The molecule has 0 saturated carbocycles. The van der Waals surface area contributed by atoms with Crippen molar-refractivity contribution < 1.29 is 14.6 Å². The number of hydrogen-bond acceptors (Lipinski definition) is 4. The molecule has 1 rings (SSSR count). The lowest BCUT2D eigenvalue weighted by Crippen LogP contribution is -2.43. The maximum atomic E-state index is 12.0. The van der Waals surface area contributed by atoms with Crippen molar-refractivity contribution in [3.8, 4) is 5.75 Å². The summed E-state index contributed by atoms with van der Waals surface area (Å²) in [4.78, 5) is 16.0. The molecule has 0 aliphatic rings. The number of nitrogens with one attached hydrogen (secondary N) is 1. The molecule has 0 bridgehead atoms. The summed E-state index contributed by atoms with van der Waals surface area (Å²) in [7, 11) is 1.59. The molecule has 22 heavy (non-hydrogen) atoms. The van der Waals surface area contributed by atoms with Crippen LogP contribution in [-0.2, 0) is 11.2 Å². The predicted octanol–water partition coefficient (Wildman–Crippen LogP) is 2.18. The molecule has 1 aromatic heterocycles. The molecule has 2 N–H and O–H groups in total. The van der Waals surface area contributed by atoms with E-state index in [9.17, 15) is 9.90 Å². The number of rotatable bonds is 8. The molecule has 0 spiro atoms. The van der Waals surface area contributed by atoms with Crippen LogP contribution in [0.15, 0.2) is 18.5 Å². The summed E-state index contributed by atoms with van der Waals surface area (Å²) in [5.41, 5.74) is 0.623. The zero-order valence-electron chi connectivity index (χ0n) is 14.2. The molecule has 1 unspecified atom stereocenters. The van der Waals surface area contributed by atoms with Crippen molar-refractivity contribution in [2.75, 3.05) is 13.7 Å². The number of methoxy groups -OCH3 is 1.